The van der Waals surface area contributed by atoms with E-state index in [2.05, 4.69) is 10.4 Å². The van der Waals surface area contributed by atoms with E-state index < -0.39 is 37.2 Å². The summed E-state index contributed by atoms with van der Waals surface area (Å²) in [6, 6.07) is 4.58. The molecule has 31 heavy (non-hydrogen) atoms. The van der Waals surface area contributed by atoms with Crippen molar-refractivity contribution in [2.45, 2.75) is 32.3 Å². The first-order valence-electron chi connectivity index (χ1n) is 9.04. The van der Waals surface area contributed by atoms with Crippen molar-refractivity contribution in [2.75, 3.05) is 6.61 Å². The first-order chi connectivity index (χ1) is 14.7. The van der Waals surface area contributed by atoms with Crippen LogP contribution in [-0.2, 0) is 11.4 Å². The van der Waals surface area contributed by atoms with Gasteiger partial charge in [0.2, 0.25) is 5.91 Å². The molecule has 0 bridgehead atoms. The number of rotatable bonds is 9. The minimum Gasteiger partial charge on any atom is -0.487 e. The lowest BCUT2D eigenvalue weighted by molar-refractivity contribution is -0.120. The summed E-state index contributed by atoms with van der Waals surface area (Å²) in [6.45, 7) is 0.606. The third kappa shape index (κ3) is 4.63. The predicted molar refractivity (Wildman–Crippen MR) is 101 cm³/mol. The number of amides is 2. The normalized spacial score (nSPS) is 13.4. The molecule has 3 aromatic rings. The van der Waals surface area contributed by atoms with Gasteiger partial charge >= 0.3 is 0 Å². The van der Waals surface area contributed by atoms with Gasteiger partial charge in [0.15, 0.2) is 0 Å². The second-order valence-electron chi connectivity index (χ2n) is 6.57. The number of halogens is 3. The summed E-state index contributed by atoms with van der Waals surface area (Å²) >= 11 is 0. The molecule has 0 spiro atoms. The van der Waals surface area contributed by atoms with Gasteiger partial charge in [-0.2, -0.15) is 5.10 Å². The second-order valence-corrected chi connectivity index (χ2v) is 6.57. The van der Waals surface area contributed by atoms with Crippen molar-refractivity contribution in [1.82, 2.24) is 15.1 Å². The van der Waals surface area contributed by atoms with E-state index in [4.69, 9.17) is 14.9 Å². The van der Waals surface area contributed by atoms with Crippen LogP contribution in [0, 0.1) is 6.92 Å². The summed E-state index contributed by atoms with van der Waals surface area (Å²) in [5, 5.41) is 15.4. The molecule has 12 heteroatoms. The Morgan fingerprint density at radius 1 is 1.32 bits per heavy atom. The molecule has 0 aliphatic carbocycles. The minimum atomic E-state index is -3.24. The van der Waals surface area contributed by atoms with Gasteiger partial charge in [0.25, 0.3) is 18.6 Å². The number of hydrogen-bond acceptors (Lipinski definition) is 6. The number of fused-ring (bicyclic) bond motifs is 1. The summed E-state index contributed by atoms with van der Waals surface area (Å²) in [5.41, 5.74) is 5.66. The lowest BCUT2D eigenvalue weighted by Crippen LogP contribution is -2.46. The van der Waals surface area contributed by atoms with Gasteiger partial charge in [-0.3, -0.25) is 9.59 Å². The Hall–Kier alpha value is -3.54. The number of aliphatic hydroxyl groups excluding tert-OH is 1. The number of hydrogen-bond donors (Lipinski definition) is 3. The van der Waals surface area contributed by atoms with Crippen molar-refractivity contribution in [3.05, 3.63) is 47.5 Å². The largest absolute Gasteiger partial charge is 0.487 e. The number of primary amides is 1. The molecular formula is C19H19F3N4O5. The summed E-state index contributed by atoms with van der Waals surface area (Å²) in [7, 11) is 0. The highest BCUT2D eigenvalue weighted by Gasteiger charge is 2.25. The fourth-order valence-electron chi connectivity index (χ4n) is 2.95. The first kappa shape index (κ1) is 22.2. The van der Waals surface area contributed by atoms with E-state index in [0.29, 0.717) is 15.7 Å². The number of alkyl halides is 3. The molecule has 2 unspecified atom stereocenters. The fraction of sp³-hybridized carbons (Fsp3) is 0.316. The molecule has 9 nitrogen and oxygen atoms in total. The summed E-state index contributed by atoms with van der Waals surface area (Å²) in [5.74, 6) is -1.10. The molecule has 0 aliphatic heterocycles. The number of nitrogens with one attached hydrogen (secondary N) is 1. The highest BCUT2D eigenvalue weighted by Crippen LogP contribution is 2.30. The maximum Gasteiger partial charge on any atom is 0.289 e. The molecule has 0 radical (unpaired) electrons. The topological polar surface area (TPSA) is 133 Å². The highest BCUT2D eigenvalue weighted by atomic mass is 19.3. The Labute approximate surface area is 173 Å². The Bertz CT molecular complexity index is 1100. The third-order valence-corrected chi connectivity index (χ3v) is 4.47. The van der Waals surface area contributed by atoms with Crippen molar-refractivity contribution in [3.8, 4) is 5.75 Å². The van der Waals surface area contributed by atoms with Crippen molar-refractivity contribution in [3.63, 3.8) is 0 Å². The van der Waals surface area contributed by atoms with Crippen LogP contribution < -0.4 is 15.8 Å². The summed E-state index contributed by atoms with van der Waals surface area (Å²) in [4.78, 5) is 23.9. The van der Waals surface area contributed by atoms with E-state index in [1.54, 1.807) is 0 Å². The number of carbonyl (C=O) groups is 2. The molecule has 2 amide bonds. The lowest BCUT2D eigenvalue weighted by Gasteiger charge is -2.13. The number of nitrogens with two attached hydrogens (primary N) is 1. The van der Waals surface area contributed by atoms with Gasteiger partial charge in [-0.25, -0.2) is 17.9 Å². The van der Waals surface area contributed by atoms with Crippen LogP contribution in [0.15, 0.2) is 34.9 Å². The van der Waals surface area contributed by atoms with Gasteiger partial charge in [0.1, 0.15) is 29.7 Å². The quantitative estimate of drug-likeness (QED) is 0.465. The van der Waals surface area contributed by atoms with E-state index >= 15 is 0 Å². The summed E-state index contributed by atoms with van der Waals surface area (Å²) in [6.07, 6.45) is -4.67. The molecule has 2 atom stereocenters. The number of aryl methyl sites for hydroxylation is 1. The molecule has 0 fully saturated rings. The first-order valence-corrected chi connectivity index (χ1v) is 9.04. The SMILES string of the molecule is Cc1oc2ccc(OCc3ccnn3C(F)C(F)F)cc2c1C(=O)NC(CO)C(N)=O. The van der Waals surface area contributed by atoms with Gasteiger partial charge < -0.3 is 25.3 Å². The van der Waals surface area contributed by atoms with Crippen LogP contribution in [-0.4, -0.2) is 45.8 Å². The van der Waals surface area contributed by atoms with E-state index in [1.807, 2.05) is 0 Å². The van der Waals surface area contributed by atoms with Crippen LogP contribution >= 0.6 is 0 Å². The molecule has 4 N–H and O–H groups in total. The Kier molecular flexibility index (Phi) is 6.49. The molecule has 0 saturated heterocycles. The van der Waals surface area contributed by atoms with Crippen LogP contribution in [0.3, 0.4) is 0 Å². The average Bonchev–Trinajstić information content (AvgIpc) is 3.32. The maximum absolute atomic E-state index is 13.6. The highest BCUT2D eigenvalue weighted by molar-refractivity contribution is 6.08. The number of benzene rings is 1. The molecule has 3 rings (SSSR count). The van der Waals surface area contributed by atoms with E-state index in [0.717, 1.165) is 0 Å². The molecular weight excluding hydrogens is 421 g/mol. The number of aromatic nitrogens is 2. The van der Waals surface area contributed by atoms with Crippen molar-refractivity contribution in [2.24, 2.45) is 5.73 Å². The van der Waals surface area contributed by atoms with Crippen LogP contribution in [0.5, 0.6) is 5.75 Å². The van der Waals surface area contributed by atoms with Crippen LogP contribution in [0.25, 0.3) is 11.0 Å². The molecule has 1 aromatic carbocycles. The lowest BCUT2D eigenvalue weighted by atomic mass is 10.1. The molecule has 0 saturated carbocycles. The molecule has 166 valence electrons. The standard InChI is InChI=1S/C19H19F3N4O5/c1-9-15(19(29)25-13(7-27)18(23)28)12-6-11(2-3-14(12)31-9)30-8-10-4-5-24-26(10)17(22)16(20)21/h2-6,13,16-17,27H,7-8H2,1H3,(H2,23,28)(H,25,29). The smallest absolute Gasteiger partial charge is 0.289 e. The number of carbonyl (C=O) groups excluding carboxylic acids is 2. The zero-order valence-corrected chi connectivity index (χ0v) is 16.2. The van der Waals surface area contributed by atoms with Gasteiger partial charge in [0.05, 0.1) is 17.9 Å². The average molecular weight is 440 g/mol. The minimum absolute atomic E-state index is 0.0847. The zero-order chi connectivity index (χ0) is 22.7. The predicted octanol–water partition coefficient (Wildman–Crippen LogP) is 1.83. The molecule has 2 heterocycles. The van der Waals surface area contributed by atoms with Crippen LogP contribution in [0.2, 0.25) is 0 Å². The zero-order valence-electron chi connectivity index (χ0n) is 16.2. The fourth-order valence-corrected chi connectivity index (χ4v) is 2.95. The molecule has 0 aliphatic rings. The van der Waals surface area contributed by atoms with Crippen LogP contribution in [0.1, 0.15) is 28.1 Å². The monoisotopic (exact) mass is 440 g/mol. The van der Waals surface area contributed by atoms with Crippen LogP contribution in [0.4, 0.5) is 13.2 Å². The number of nitrogens with zero attached hydrogens (tertiary/aromatic N) is 2. The van der Waals surface area contributed by atoms with Gasteiger partial charge in [-0.15, -0.1) is 0 Å². The second kappa shape index (κ2) is 9.08. The van der Waals surface area contributed by atoms with Crippen molar-refractivity contribution < 1.29 is 37.0 Å². The van der Waals surface area contributed by atoms with E-state index in [9.17, 15) is 27.9 Å². The summed E-state index contributed by atoms with van der Waals surface area (Å²) < 4.78 is 50.5. The van der Waals surface area contributed by atoms with E-state index in [-0.39, 0.29) is 29.4 Å². The van der Waals surface area contributed by atoms with E-state index in [1.165, 1.54) is 37.4 Å². The number of aliphatic hydroxyl groups is 1. The Morgan fingerprint density at radius 3 is 2.71 bits per heavy atom. The Balaban J connectivity index is 1.83. The third-order valence-electron chi connectivity index (χ3n) is 4.47. The van der Waals surface area contributed by atoms with Gasteiger partial charge in [-0.1, -0.05) is 0 Å². The van der Waals surface area contributed by atoms with Crippen molar-refractivity contribution >= 4 is 22.8 Å². The van der Waals surface area contributed by atoms with Crippen molar-refractivity contribution in [1.29, 1.82) is 0 Å². The maximum atomic E-state index is 13.6. The van der Waals surface area contributed by atoms with Gasteiger partial charge in [-0.05, 0) is 31.2 Å². The number of furan rings is 1. The molecule has 2 aromatic heterocycles. The van der Waals surface area contributed by atoms with Gasteiger partial charge in [0, 0.05) is 11.6 Å². The number of ether oxygens (including phenoxy) is 1. The Morgan fingerprint density at radius 2 is 2.06 bits per heavy atom.